The predicted molar refractivity (Wildman–Crippen MR) is 60.5 cm³/mol. The number of nitrogen functional groups attached to an aromatic ring is 1. The van der Waals surface area contributed by atoms with Crippen LogP contribution in [-0.2, 0) is 4.84 Å². The van der Waals surface area contributed by atoms with E-state index in [0.29, 0.717) is 12.3 Å². The molecule has 0 bridgehead atoms. The minimum absolute atomic E-state index is 0.130. The van der Waals surface area contributed by atoms with Crippen molar-refractivity contribution in [1.29, 1.82) is 0 Å². The lowest BCUT2D eigenvalue weighted by molar-refractivity contribution is 0.0698. The molecule has 86 valence electrons. The van der Waals surface area contributed by atoms with Crippen LogP contribution in [0.1, 0.15) is 22.3 Å². The maximum absolute atomic E-state index is 11.0. The second-order valence-electron chi connectivity index (χ2n) is 3.82. The topological polar surface area (TPSA) is 75.8 Å². The molecule has 3 N–H and O–H groups in total. The molecule has 0 spiro atoms. The summed E-state index contributed by atoms with van der Waals surface area (Å²) in [4.78, 5) is 16.4. The zero-order valence-corrected chi connectivity index (χ0v) is 9.06. The number of hydrogen-bond acceptors (Lipinski definition) is 4. The number of rotatable bonds is 2. The van der Waals surface area contributed by atoms with Crippen molar-refractivity contribution in [2.24, 2.45) is 0 Å². The summed E-state index contributed by atoms with van der Waals surface area (Å²) in [7, 11) is 0. The standard InChI is InChI=1S/C11H14N2O3/c1-7-5-8(13-3-2-4-16-13)6-9(10(7)12)11(14)15/h5-6H,2-4,12H2,1H3,(H,14,15). The predicted octanol–water partition coefficient (Wildman–Crippen LogP) is 1.42. The average molecular weight is 222 g/mol. The van der Waals surface area contributed by atoms with Gasteiger partial charge in [-0.15, -0.1) is 0 Å². The first-order chi connectivity index (χ1) is 7.59. The zero-order valence-electron chi connectivity index (χ0n) is 9.06. The Bertz CT molecular complexity index is 425. The molecule has 0 radical (unpaired) electrons. The summed E-state index contributed by atoms with van der Waals surface area (Å²) in [6, 6.07) is 3.39. The zero-order chi connectivity index (χ0) is 11.7. The quantitative estimate of drug-likeness (QED) is 0.740. The first-order valence-corrected chi connectivity index (χ1v) is 5.13. The van der Waals surface area contributed by atoms with E-state index in [1.807, 2.05) is 6.07 Å². The Hall–Kier alpha value is -1.75. The minimum atomic E-state index is -1.01. The molecule has 5 nitrogen and oxygen atoms in total. The van der Waals surface area contributed by atoms with E-state index >= 15 is 0 Å². The lowest BCUT2D eigenvalue weighted by Gasteiger charge is -2.18. The Kier molecular flexibility index (Phi) is 2.70. The molecular weight excluding hydrogens is 208 g/mol. The van der Waals surface area contributed by atoms with Crippen molar-refractivity contribution < 1.29 is 14.7 Å². The number of nitrogens with two attached hydrogens (primary N) is 1. The molecule has 1 aliphatic heterocycles. The highest BCUT2D eigenvalue weighted by Crippen LogP contribution is 2.27. The van der Waals surface area contributed by atoms with Crippen molar-refractivity contribution in [2.75, 3.05) is 23.9 Å². The maximum atomic E-state index is 11.0. The fourth-order valence-corrected chi connectivity index (χ4v) is 1.75. The SMILES string of the molecule is Cc1cc(N2CCCO2)cc(C(=O)O)c1N. The third-order valence-electron chi connectivity index (χ3n) is 2.64. The van der Waals surface area contributed by atoms with Gasteiger partial charge >= 0.3 is 5.97 Å². The Balaban J connectivity index is 2.43. The molecule has 16 heavy (non-hydrogen) atoms. The fourth-order valence-electron chi connectivity index (χ4n) is 1.75. The molecule has 0 aliphatic carbocycles. The summed E-state index contributed by atoms with van der Waals surface area (Å²) in [6.45, 7) is 3.25. The molecule has 1 aliphatic rings. The van der Waals surface area contributed by atoms with E-state index in [0.717, 1.165) is 24.2 Å². The summed E-state index contributed by atoms with van der Waals surface area (Å²) in [5, 5.41) is 10.7. The first kappa shape index (κ1) is 10.8. The van der Waals surface area contributed by atoms with E-state index in [4.69, 9.17) is 15.7 Å². The van der Waals surface area contributed by atoms with Gasteiger partial charge in [-0.2, -0.15) is 0 Å². The molecule has 1 heterocycles. The van der Waals surface area contributed by atoms with Gasteiger partial charge in [0.15, 0.2) is 0 Å². The van der Waals surface area contributed by atoms with Crippen LogP contribution < -0.4 is 10.8 Å². The van der Waals surface area contributed by atoms with Gasteiger partial charge in [-0.05, 0) is 31.0 Å². The van der Waals surface area contributed by atoms with Crippen LogP contribution in [0.2, 0.25) is 0 Å². The van der Waals surface area contributed by atoms with Crippen LogP contribution in [0.15, 0.2) is 12.1 Å². The van der Waals surface area contributed by atoms with Crippen LogP contribution >= 0.6 is 0 Å². The third-order valence-corrected chi connectivity index (χ3v) is 2.64. The molecule has 2 rings (SSSR count). The number of benzene rings is 1. The van der Waals surface area contributed by atoms with Crippen molar-refractivity contribution in [3.63, 3.8) is 0 Å². The third kappa shape index (κ3) is 1.81. The summed E-state index contributed by atoms with van der Waals surface area (Å²) in [5.41, 5.74) is 7.66. The molecule has 0 aromatic heterocycles. The van der Waals surface area contributed by atoms with Gasteiger partial charge in [0.25, 0.3) is 0 Å². The van der Waals surface area contributed by atoms with E-state index in [1.165, 1.54) is 0 Å². The van der Waals surface area contributed by atoms with E-state index in [1.54, 1.807) is 18.1 Å². The minimum Gasteiger partial charge on any atom is -0.478 e. The van der Waals surface area contributed by atoms with E-state index < -0.39 is 5.97 Å². The van der Waals surface area contributed by atoms with Gasteiger partial charge < -0.3 is 10.8 Å². The molecule has 1 aromatic rings. The highest BCUT2D eigenvalue weighted by Gasteiger charge is 2.18. The van der Waals surface area contributed by atoms with Crippen LogP contribution in [0, 0.1) is 6.92 Å². The maximum Gasteiger partial charge on any atom is 0.337 e. The number of carboxylic acid groups (broad SMARTS) is 1. The van der Waals surface area contributed by atoms with Crippen LogP contribution in [0.5, 0.6) is 0 Å². The van der Waals surface area contributed by atoms with Gasteiger partial charge in [0, 0.05) is 12.2 Å². The normalized spacial score (nSPS) is 15.4. The van der Waals surface area contributed by atoms with Crippen LogP contribution in [0.3, 0.4) is 0 Å². The van der Waals surface area contributed by atoms with Gasteiger partial charge in [-0.1, -0.05) is 0 Å². The molecule has 0 amide bonds. The van der Waals surface area contributed by atoms with Crippen LogP contribution in [0.4, 0.5) is 11.4 Å². The summed E-state index contributed by atoms with van der Waals surface area (Å²) < 4.78 is 0. The Labute approximate surface area is 93.4 Å². The molecule has 1 aromatic carbocycles. The summed E-state index contributed by atoms with van der Waals surface area (Å²) in [5.74, 6) is -1.01. The molecule has 5 heteroatoms. The molecule has 1 fully saturated rings. The Morgan fingerprint density at radius 1 is 1.56 bits per heavy atom. The van der Waals surface area contributed by atoms with Gasteiger partial charge in [-0.3, -0.25) is 9.90 Å². The Morgan fingerprint density at radius 2 is 2.31 bits per heavy atom. The Morgan fingerprint density at radius 3 is 2.88 bits per heavy atom. The van der Waals surface area contributed by atoms with Gasteiger partial charge in [0.1, 0.15) is 0 Å². The number of hydrogen-bond donors (Lipinski definition) is 2. The molecule has 0 saturated carbocycles. The number of aryl methyl sites for hydroxylation is 1. The monoisotopic (exact) mass is 222 g/mol. The average Bonchev–Trinajstić information content (AvgIpc) is 2.74. The highest BCUT2D eigenvalue weighted by atomic mass is 16.7. The van der Waals surface area contributed by atoms with Crippen molar-refractivity contribution in [3.05, 3.63) is 23.3 Å². The number of anilines is 2. The molecule has 1 saturated heterocycles. The van der Waals surface area contributed by atoms with Crippen molar-refractivity contribution in [3.8, 4) is 0 Å². The molecular formula is C11H14N2O3. The smallest absolute Gasteiger partial charge is 0.337 e. The first-order valence-electron chi connectivity index (χ1n) is 5.13. The number of carboxylic acids is 1. The number of aromatic carboxylic acids is 1. The van der Waals surface area contributed by atoms with Gasteiger partial charge in [-0.25, -0.2) is 4.79 Å². The lowest BCUT2D eigenvalue weighted by Crippen LogP contribution is -2.17. The molecule has 0 unspecified atom stereocenters. The van der Waals surface area contributed by atoms with E-state index in [9.17, 15) is 4.79 Å². The van der Waals surface area contributed by atoms with E-state index in [2.05, 4.69) is 0 Å². The number of carbonyl (C=O) groups is 1. The number of nitrogens with zero attached hydrogens (tertiary/aromatic N) is 1. The molecule has 0 atom stereocenters. The summed E-state index contributed by atoms with van der Waals surface area (Å²) >= 11 is 0. The van der Waals surface area contributed by atoms with Crippen LogP contribution in [-0.4, -0.2) is 24.2 Å². The van der Waals surface area contributed by atoms with Crippen molar-refractivity contribution in [2.45, 2.75) is 13.3 Å². The van der Waals surface area contributed by atoms with Gasteiger partial charge in [0.2, 0.25) is 0 Å². The second kappa shape index (κ2) is 4.02. The van der Waals surface area contributed by atoms with Crippen LogP contribution in [0.25, 0.3) is 0 Å². The van der Waals surface area contributed by atoms with Crippen molar-refractivity contribution in [1.82, 2.24) is 0 Å². The fraction of sp³-hybridized carbons (Fsp3) is 0.364. The highest BCUT2D eigenvalue weighted by molar-refractivity contribution is 5.95. The lowest BCUT2D eigenvalue weighted by atomic mass is 10.1. The van der Waals surface area contributed by atoms with E-state index in [-0.39, 0.29) is 5.56 Å². The summed E-state index contributed by atoms with van der Waals surface area (Å²) in [6.07, 6.45) is 0.950. The van der Waals surface area contributed by atoms with Crippen molar-refractivity contribution >= 4 is 17.3 Å². The van der Waals surface area contributed by atoms with Gasteiger partial charge in [0.05, 0.1) is 17.9 Å². The number of hydroxylamine groups is 1. The largest absolute Gasteiger partial charge is 0.478 e. The second-order valence-corrected chi connectivity index (χ2v) is 3.82.